The number of amides is 1. The number of imidazole rings is 1. The topological polar surface area (TPSA) is 62.6 Å². The standard InChI is InChI=1S/C25H31N5O2/c1-28-14-16-30(17-15-28)18-23(20-6-4-3-5-7-20)27-25(31)21-8-10-22(11-9-21)32-19-24-26-12-13-29(24)2/h3-13,23H,14-19H2,1-2H3,(H,27,31). The summed E-state index contributed by atoms with van der Waals surface area (Å²) in [6.07, 6.45) is 3.63. The molecule has 2 heterocycles. The van der Waals surface area contributed by atoms with E-state index in [0.29, 0.717) is 17.9 Å². The number of aromatic nitrogens is 2. The maximum atomic E-state index is 13.0. The summed E-state index contributed by atoms with van der Waals surface area (Å²) < 4.78 is 7.72. The van der Waals surface area contributed by atoms with Crippen LogP contribution in [-0.2, 0) is 13.7 Å². The third kappa shape index (κ3) is 5.75. The zero-order chi connectivity index (χ0) is 22.3. The molecule has 0 bridgehead atoms. The first kappa shape index (κ1) is 22.0. The van der Waals surface area contributed by atoms with Crippen LogP contribution >= 0.6 is 0 Å². The van der Waals surface area contributed by atoms with Gasteiger partial charge in [0.15, 0.2) is 0 Å². The van der Waals surface area contributed by atoms with E-state index in [-0.39, 0.29) is 11.9 Å². The SMILES string of the molecule is CN1CCN(CC(NC(=O)c2ccc(OCc3nccn3C)cc2)c2ccccc2)CC1. The predicted octanol–water partition coefficient (Wildman–Crippen LogP) is 2.72. The molecule has 2 aromatic carbocycles. The first-order chi connectivity index (χ1) is 15.6. The first-order valence-electron chi connectivity index (χ1n) is 11.0. The van der Waals surface area contributed by atoms with Crippen molar-refractivity contribution in [2.45, 2.75) is 12.6 Å². The number of likely N-dealkylation sites (N-methyl/N-ethyl adjacent to an activating group) is 1. The van der Waals surface area contributed by atoms with E-state index >= 15 is 0 Å². The highest BCUT2D eigenvalue weighted by atomic mass is 16.5. The van der Waals surface area contributed by atoms with Gasteiger partial charge >= 0.3 is 0 Å². The smallest absolute Gasteiger partial charge is 0.251 e. The van der Waals surface area contributed by atoms with Gasteiger partial charge in [0.2, 0.25) is 0 Å². The van der Waals surface area contributed by atoms with E-state index in [1.54, 1.807) is 18.3 Å². The van der Waals surface area contributed by atoms with Crippen LogP contribution < -0.4 is 10.1 Å². The van der Waals surface area contributed by atoms with Crippen LogP contribution in [0.1, 0.15) is 27.8 Å². The molecule has 0 aliphatic carbocycles. The van der Waals surface area contributed by atoms with Crippen molar-refractivity contribution in [3.8, 4) is 5.75 Å². The van der Waals surface area contributed by atoms with Gasteiger partial charge in [-0.2, -0.15) is 0 Å². The number of carbonyl (C=O) groups is 1. The Hall–Kier alpha value is -3.16. The number of benzene rings is 2. The maximum Gasteiger partial charge on any atom is 0.251 e. The van der Waals surface area contributed by atoms with Crippen LogP contribution in [0.2, 0.25) is 0 Å². The fourth-order valence-electron chi connectivity index (χ4n) is 3.84. The molecular formula is C25H31N5O2. The first-order valence-corrected chi connectivity index (χ1v) is 11.0. The normalized spacial score (nSPS) is 15.9. The summed E-state index contributed by atoms with van der Waals surface area (Å²) >= 11 is 0. The van der Waals surface area contributed by atoms with E-state index < -0.39 is 0 Å². The molecule has 4 rings (SSSR count). The summed E-state index contributed by atoms with van der Waals surface area (Å²) in [6, 6.07) is 17.4. The number of ether oxygens (including phenoxy) is 1. The molecule has 1 saturated heterocycles. The second kappa shape index (κ2) is 10.4. The molecule has 1 amide bonds. The number of nitrogens with one attached hydrogen (secondary N) is 1. The molecule has 1 aliphatic rings. The van der Waals surface area contributed by atoms with Crippen molar-refractivity contribution in [1.29, 1.82) is 0 Å². The van der Waals surface area contributed by atoms with E-state index in [0.717, 1.165) is 44.1 Å². The summed E-state index contributed by atoms with van der Waals surface area (Å²) in [5.74, 6) is 1.48. The fourth-order valence-corrected chi connectivity index (χ4v) is 3.84. The Morgan fingerprint density at radius 1 is 1.03 bits per heavy atom. The lowest BCUT2D eigenvalue weighted by atomic mass is 10.0. The van der Waals surface area contributed by atoms with Crippen LogP contribution in [0.25, 0.3) is 0 Å². The molecule has 0 radical (unpaired) electrons. The third-order valence-electron chi connectivity index (χ3n) is 5.95. The predicted molar refractivity (Wildman–Crippen MR) is 125 cm³/mol. The number of hydrogen-bond acceptors (Lipinski definition) is 5. The molecule has 1 aromatic heterocycles. The summed E-state index contributed by atoms with van der Waals surface area (Å²) in [4.78, 5) is 22.0. The molecule has 0 spiro atoms. The second-order valence-electron chi connectivity index (χ2n) is 8.31. The van der Waals surface area contributed by atoms with Gasteiger partial charge in [-0.05, 0) is 36.9 Å². The minimum absolute atomic E-state index is 0.0635. The number of nitrogens with zero attached hydrogens (tertiary/aromatic N) is 4. The lowest BCUT2D eigenvalue weighted by molar-refractivity contribution is 0.0907. The molecule has 1 fully saturated rings. The maximum absolute atomic E-state index is 13.0. The molecule has 168 valence electrons. The molecule has 7 nitrogen and oxygen atoms in total. The Labute approximate surface area is 189 Å². The second-order valence-corrected chi connectivity index (χ2v) is 8.31. The Bertz CT molecular complexity index is 995. The van der Waals surface area contributed by atoms with Crippen molar-refractivity contribution in [3.05, 3.63) is 83.9 Å². The fraction of sp³-hybridized carbons (Fsp3) is 0.360. The van der Waals surface area contributed by atoms with Gasteiger partial charge in [-0.25, -0.2) is 4.98 Å². The van der Waals surface area contributed by atoms with Crippen LogP contribution in [0.15, 0.2) is 67.0 Å². The largest absolute Gasteiger partial charge is 0.486 e. The van der Waals surface area contributed by atoms with E-state index in [1.807, 2.05) is 48.1 Å². The highest BCUT2D eigenvalue weighted by molar-refractivity contribution is 5.94. The number of carbonyl (C=O) groups excluding carboxylic acids is 1. The number of aryl methyl sites for hydroxylation is 1. The lowest BCUT2D eigenvalue weighted by Gasteiger charge is -2.35. The van der Waals surface area contributed by atoms with Crippen molar-refractivity contribution in [2.75, 3.05) is 39.8 Å². The average Bonchev–Trinajstić information content (AvgIpc) is 3.24. The monoisotopic (exact) mass is 433 g/mol. The van der Waals surface area contributed by atoms with Gasteiger partial charge in [-0.1, -0.05) is 30.3 Å². The third-order valence-corrected chi connectivity index (χ3v) is 5.95. The quantitative estimate of drug-likeness (QED) is 0.592. The zero-order valence-electron chi connectivity index (χ0n) is 18.8. The Morgan fingerprint density at radius 3 is 2.41 bits per heavy atom. The number of hydrogen-bond donors (Lipinski definition) is 1. The Kier molecular flexibility index (Phi) is 7.19. The molecule has 0 saturated carbocycles. The minimum Gasteiger partial charge on any atom is -0.486 e. The average molecular weight is 434 g/mol. The molecule has 1 aliphatic heterocycles. The summed E-state index contributed by atoms with van der Waals surface area (Å²) in [5, 5.41) is 3.24. The van der Waals surface area contributed by atoms with E-state index in [1.165, 1.54) is 0 Å². The summed E-state index contributed by atoms with van der Waals surface area (Å²) in [7, 11) is 4.09. The van der Waals surface area contributed by atoms with Crippen LogP contribution in [0.4, 0.5) is 0 Å². The molecule has 1 unspecified atom stereocenters. The zero-order valence-corrected chi connectivity index (χ0v) is 18.8. The van der Waals surface area contributed by atoms with Gasteiger partial charge in [-0.15, -0.1) is 0 Å². The van der Waals surface area contributed by atoms with E-state index in [4.69, 9.17) is 4.74 Å². The van der Waals surface area contributed by atoms with Crippen molar-refractivity contribution >= 4 is 5.91 Å². The highest BCUT2D eigenvalue weighted by Gasteiger charge is 2.21. The van der Waals surface area contributed by atoms with E-state index in [2.05, 4.69) is 39.3 Å². The lowest BCUT2D eigenvalue weighted by Crippen LogP contribution is -2.47. The van der Waals surface area contributed by atoms with Gasteiger partial charge in [0.1, 0.15) is 18.2 Å². The van der Waals surface area contributed by atoms with Gasteiger partial charge < -0.3 is 19.5 Å². The van der Waals surface area contributed by atoms with Gasteiger partial charge in [0, 0.05) is 57.7 Å². The Morgan fingerprint density at radius 2 is 1.75 bits per heavy atom. The van der Waals surface area contributed by atoms with Gasteiger partial charge in [0.05, 0.1) is 6.04 Å². The molecule has 1 N–H and O–H groups in total. The molecule has 1 atom stereocenters. The molecule has 3 aromatic rings. The van der Waals surface area contributed by atoms with Crippen molar-refractivity contribution in [2.24, 2.45) is 7.05 Å². The van der Waals surface area contributed by atoms with Crippen LogP contribution in [0, 0.1) is 0 Å². The molecule has 7 heteroatoms. The van der Waals surface area contributed by atoms with Crippen molar-refractivity contribution in [3.63, 3.8) is 0 Å². The van der Waals surface area contributed by atoms with Crippen LogP contribution in [0.3, 0.4) is 0 Å². The van der Waals surface area contributed by atoms with Crippen LogP contribution in [-0.4, -0.2) is 65.0 Å². The number of piperazine rings is 1. The number of rotatable bonds is 8. The summed E-state index contributed by atoms with van der Waals surface area (Å²) in [6.45, 7) is 5.31. The minimum atomic E-state index is -0.0800. The molecular weight excluding hydrogens is 402 g/mol. The molecule has 32 heavy (non-hydrogen) atoms. The van der Waals surface area contributed by atoms with Crippen molar-refractivity contribution in [1.82, 2.24) is 24.7 Å². The summed E-state index contributed by atoms with van der Waals surface area (Å²) in [5.41, 5.74) is 1.74. The van der Waals surface area contributed by atoms with E-state index in [9.17, 15) is 4.79 Å². The van der Waals surface area contributed by atoms with Gasteiger partial charge in [0.25, 0.3) is 5.91 Å². The van der Waals surface area contributed by atoms with Crippen LogP contribution in [0.5, 0.6) is 5.75 Å². The van der Waals surface area contributed by atoms with Gasteiger partial charge in [-0.3, -0.25) is 9.69 Å². The Balaban J connectivity index is 1.39. The van der Waals surface area contributed by atoms with Crippen molar-refractivity contribution < 1.29 is 9.53 Å². The highest BCUT2D eigenvalue weighted by Crippen LogP contribution is 2.18.